The van der Waals surface area contributed by atoms with E-state index in [0.717, 1.165) is 30.8 Å². The van der Waals surface area contributed by atoms with Gasteiger partial charge >= 0.3 is 0 Å². The van der Waals surface area contributed by atoms with Crippen LogP contribution in [0.2, 0.25) is 0 Å². The van der Waals surface area contributed by atoms with E-state index >= 15 is 0 Å². The maximum absolute atomic E-state index is 11.7. The number of halogens is 1. The van der Waals surface area contributed by atoms with Crippen LogP contribution in [-0.2, 0) is 9.05 Å². The first kappa shape index (κ1) is 16.6. The van der Waals surface area contributed by atoms with Crippen molar-refractivity contribution in [2.75, 3.05) is 26.2 Å². The van der Waals surface area contributed by atoms with Crippen LogP contribution >= 0.6 is 10.7 Å². The quantitative estimate of drug-likeness (QED) is 0.778. The molecule has 0 aliphatic carbocycles. The molecule has 0 saturated carbocycles. The molecule has 1 heterocycles. The molecule has 0 aromatic heterocycles. The first-order chi connectivity index (χ1) is 9.88. The Bertz CT molecular complexity index is 595. The van der Waals surface area contributed by atoms with Gasteiger partial charge in [0.2, 0.25) is 0 Å². The fourth-order valence-corrected chi connectivity index (χ4v) is 3.85. The monoisotopic (exact) mass is 331 g/mol. The van der Waals surface area contributed by atoms with E-state index in [1.165, 1.54) is 19.3 Å². The van der Waals surface area contributed by atoms with Crippen molar-refractivity contribution in [3.8, 4) is 5.75 Å². The molecule has 21 heavy (non-hydrogen) atoms. The van der Waals surface area contributed by atoms with Gasteiger partial charge in [-0.1, -0.05) is 12.5 Å². The lowest BCUT2D eigenvalue weighted by Crippen LogP contribution is -2.33. The van der Waals surface area contributed by atoms with Crippen molar-refractivity contribution in [2.45, 2.75) is 38.0 Å². The van der Waals surface area contributed by atoms with Crippen LogP contribution in [0.3, 0.4) is 0 Å². The Labute approximate surface area is 131 Å². The summed E-state index contributed by atoms with van der Waals surface area (Å²) in [5, 5.41) is 0. The zero-order chi connectivity index (χ0) is 15.5. The first-order valence-electron chi connectivity index (χ1n) is 7.29. The Kier molecular flexibility index (Phi) is 5.52. The van der Waals surface area contributed by atoms with Crippen LogP contribution in [0.25, 0.3) is 0 Å². The number of benzene rings is 1. The smallest absolute Gasteiger partial charge is 0.265 e. The molecule has 0 N–H and O–H groups in total. The fourth-order valence-electron chi connectivity index (χ4n) is 2.74. The van der Waals surface area contributed by atoms with Gasteiger partial charge in [0.05, 0.1) is 0 Å². The van der Waals surface area contributed by atoms with E-state index < -0.39 is 9.05 Å². The highest BCUT2D eigenvalue weighted by atomic mass is 35.7. The molecular formula is C15H22ClNO3S. The van der Waals surface area contributed by atoms with Crippen LogP contribution in [0.4, 0.5) is 0 Å². The van der Waals surface area contributed by atoms with Crippen molar-refractivity contribution in [1.82, 2.24) is 4.90 Å². The summed E-state index contributed by atoms with van der Waals surface area (Å²) >= 11 is 0. The number of likely N-dealkylation sites (tertiary alicyclic amines) is 1. The summed E-state index contributed by atoms with van der Waals surface area (Å²) in [6.07, 6.45) is 3.75. The molecule has 1 aliphatic rings. The van der Waals surface area contributed by atoms with Gasteiger partial charge in [0.15, 0.2) is 0 Å². The zero-order valence-corrected chi connectivity index (χ0v) is 14.1. The van der Waals surface area contributed by atoms with Gasteiger partial charge in [0.25, 0.3) is 9.05 Å². The van der Waals surface area contributed by atoms with Crippen LogP contribution in [0.15, 0.2) is 17.0 Å². The third-order valence-corrected chi connectivity index (χ3v) is 5.08. The Balaban J connectivity index is 2.08. The Morgan fingerprint density at radius 1 is 1.19 bits per heavy atom. The van der Waals surface area contributed by atoms with Crippen LogP contribution in [0, 0.1) is 13.8 Å². The molecule has 0 unspecified atom stereocenters. The lowest BCUT2D eigenvalue weighted by molar-refractivity contribution is 0.181. The number of rotatable bonds is 5. The van der Waals surface area contributed by atoms with Crippen molar-refractivity contribution in [3.05, 3.63) is 23.3 Å². The zero-order valence-electron chi connectivity index (χ0n) is 12.6. The van der Waals surface area contributed by atoms with Gasteiger partial charge in [-0.05, 0) is 57.0 Å². The fraction of sp³-hybridized carbons (Fsp3) is 0.600. The highest BCUT2D eigenvalue weighted by molar-refractivity contribution is 8.13. The SMILES string of the molecule is Cc1cc(C)c(OCCN2CCCCC2)c(S(=O)(=O)Cl)c1. The summed E-state index contributed by atoms with van der Waals surface area (Å²) in [6.45, 7) is 7.16. The topological polar surface area (TPSA) is 46.6 Å². The second-order valence-corrected chi connectivity index (χ2v) is 8.13. The van der Waals surface area contributed by atoms with E-state index in [0.29, 0.717) is 12.4 Å². The molecule has 118 valence electrons. The number of ether oxygens (including phenoxy) is 1. The standard InChI is InChI=1S/C15H22ClNO3S/c1-12-10-13(2)15(14(11-12)21(16,18)19)20-9-8-17-6-4-3-5-7-17/h10-11H,3-9H2,1-2H3. The van der Waals surface area contributed by atoms with Gasteiger partial charge in [-0.3, -0.25) is 4.90 Å². The van der Waals surface area contributed by atoms with E-state index in [4.69, 9.17) is 15.4 Å². The predicted octanol–water partition coefficient (Wildman–Crippen LogP) is 3.10. The molecule has 1 saturated heterocycles. The molecule has 1 aromatic carbocycles. The van der Waals surface area contributed by atoms with Crippen molar-refractivity contribution in [2.24, 2.45) is 0 Å². The van der Waals surface area contributed by atoms with Gasteiger partial charge in [0.1, 0.15) is 17.3 Å². The van der Waals surface area contributed by atoms with Crippen LogP contribution in [0.5, 0.6) is 5.75 Å². The summed E-state index contributed by atoms with van der Waals surface area (Å²) < 4.78 is 29.1. The van der Waals surface area contributed by atoms with E-state index in [1.54, 1.807) is 6.07 Å². The molecule has 0 bridgehead atoms. The van der Waals surface area contributed by atoms with Gasteiger partial charge in [0, 0.05) is 17.2 Å². The van der Waals surface area contributed by atoms with E-state index in [9.17, 15) is 8.42 Å². The van der Waals surface area contributed by atoms with Crippen LogP contribution < -0.4 is 4.74 Å². The van der Waals surface area contributed by atoms with Gasteiger partial charge < -0.3 is 4.74 Å². The molecular weight excluding hydrogens is 310 g/mol. The third-order valence-electron chi connectivity index (χ3n) is 3.75. The predicted molar refractivity (Wildman–Crippen MR) is 84.7 cm³/mol. The largest absolute Gasteiger partial charge is 0.491 e. The number of piperidine rings is 1. The van der Waals surface area contributed by atoms with E-state index in [-0.39, 0.29) is 4.90 Å². The molecule has 6 heteroatoms. The maximum Gasteiger partial charge on any atom is 0.265 e. The second kappa shape index (κ2) is 6.99. The minimum Gasteiger partial charge on any atom is -0.491 e. The first-order valence-corrected chi connectivity index (χ1v) is 9.60. The van der Waals surface area contributed by atoms with Crippen molar-refractivity contribution < 1.29 is 13.2 Å². The highest BCUT2D eigenvalue weighted by Gasteiger charge is 2.20. The molecule has 4 nitrogen and oxygen atoms in total. The number of hydrogen-bond donors (Lipinski definition) is 0. The second-order valence-electron chi connectivity index (χ2n) is 5.60. The number of hydrogen-bond acceptors (Lipinski definition) is 4. The summed E-state index contributed by atoms with van der Waals surface area (Å²) in [6, 6.07) is 3.47. The summed E-state index contributed by atoms with van der Waals surface area (Å²) in [5.41, 5.74) is 1.66. The van der Waals surface area contributed by atoms with Crippen molar-refractivity contribution in [1.29, 1.82) is 0 Å². The van der Waals surface area contributed by atoms with Gasteiger partial charge in [-0.25, -0.2) is 8.42 Å². The minimum absolute atomic E-state index is 0.0697. The average molecular weight is 332 g/mol. The molecule has 1 fully saturated rings. The van der Waals surface area contributed by atoms with Crippen molar-refractivity contribution in [3.63, 3.8) is 0 Å². The molecule has 0 amide bonds. The summed E-state index contributed by atoms with van der Waals surface area (Å²) in [7, 11) is 1.72. The highest BCUT2D eigenvalue weighted by Crippen LogP contribution is 2.31. The Morgan fingerprint density at radius 3 is 2.48 bits per heavy atom. The number of aryl methyl sites for hydroxylation is 2. The molecule has 0 radical (unpaired) electrons. The molecule has 1 aliphatic heterocycles. The lowest BCUT2D eigenvalue weighted by Gasteiger charge is -2.26. The Morgan fingerprint density at radius 2 is 1.86 bits per heavy atom. The van der Waals surface area contributed by atoms with E-state index in [2.05, 4.69) is 4.90 Å². The van der Waals surface area contributed by atoms with Crippen molar-refractivity contribution >= 4 is 19.7 Å². The minimum atomic E-state index is -3.80. The normalized spacial score (nSPS) is 16.9. The molecule has 1 aromatic rings. The van der Waals surface area contributed by atoms with Crippen LogP contribution in [-0.4, -0.2) is 39.6 Å². The van der Waals surface area contributed by atoms with E-state index in [1.807, 2.05) is 19.9 Å². The molecule has 0 atom stereocenters. The third kappa shape index (κ3) is 4.59. The average Bonchev–Trinajstić information content (AvgIpc) is 2.41. The maximum atomic E-state index is 11.7. The molecule has 2 rings (SSSR count). The Hall–Kier alpha value is -0.780. The summed E-state index contributed by atoms with van der Waals surface area (Å²) in [4.78, 5) is 2.42. The lowest BCUT2D eigenvalue weighted by atomic mass is 10.1. The van der Waals surface area contributed by atoms with Crippen LogP contribution in [0.1, 0.15) is 30.4 Å². The van der Waals surface area contributed by atoms with Gasteiger partial charge in [-0.15, -0.1) is 0 Å². The summed E-state index contributed by atoms with van der Waals surface area (Å²) in [5.74, 6) is 0.382. The number of nitrogens with zero attached hydrogens (tertiary/aromatic N) is 1. The van der Waals surface area contributed by atoms with Gasteiger partial charge in [-0.2, -0.15) is 0 Å². The molecule has 0 spiro atoms.